The van der Waals surface area contributed by atoms with Gasteiger partial charge in [0, 0.05) is 18.2 Å². The SMILES string of the molecule is Cc1cccc(C(C)C)c1NC(=O)CC(N)C1CC1. The van der Waals surface area contributed by atoms with E-state index in [4.69, 9.17) is 5.73 Å². The summed E-state index contributed by atoms with van der Waals surface area (Å²) in [5.41, 5.74) is 9.27. The molecule has 1 atom stereocenters. The van der Waals surface area contributed by atoms with E-state index in [-0.39, 0.29) is 11.9 Å². The first-order chi connectivity index (χ1) is 8.99. The van der Waals surface area contributed by atoms with Crippen LogP contribution in [-0.4, -0.2) is 11.9 Å². The highest BCUT2D eigenvalue weighted by molar-refractivity contribution is 5.92. The number of para-hydroxylation sites is 1. The zero-order valence-electron chi connectivity index (χ0n) is 12.1. The number of hydrogen-bond donors (Lipinski definition) is 2. The molecule has 0 aliphatic heterocycles. The Balaban J connectivity index is 2.07. The third-order valence-electron chi connectivity index (χ3n) is 3.84. The third-order valence-corrected chi connectivity index (χ3v) is 3.84. The van der Waals surface area contributed by atoms with Crippen molar-refractivity contribution in [2.45, 2.75) is 52.0 Å². The largest absolute Gasteiger partial charge is 0.327 e. The average molecular weight is 260 g/mol. The Labute approximate surface area is 115 Å². The summed E-state index contributed by atoms with van der Waals surface area (Å²) in [6, 6.07) is 6.17. The van der Waals surface area contributed by atoms with Gasteiger partial charge in [-0.1, -0.05) is 32.0 Å². The van der Waals surface area contributed by atoms with Gasteiger partial charge in [-0.3, -0.25) is 4.79 Å². The minimum atomic E-state index is 0.0199. The van der Waals surface area contributed by atoms with Crippen molar-refractivity contribution in [3.05, 3.63) is 29.3 Å². The first-order valence-corrected chi connectivity index (χ1v) is 7.14. The molecular weight excluding hydrogens is 236 g/mol. The zero-order valence-corrected chi connectivity index (χ0v) is 12.1. The number of nitrogens with one attached hydrogen (secondary N) is 1. The first kappa shape index (κ1) is 14.1. The van der Waals surface area contributed by atoms with Crippen LogP contribution < -0.4 is 11.1 Å². The molecule has 0 bridgehead atoms. The van der Waals surface area contributed by atoms with E-state index in [0.29, 0.717) is 18.3 Å². The Bertz CT molecular complexity index is 464. The van der Waals surface area contributed by atoms with E-state index in [1.807, 2.05) is 19.1 Å². The third kappa shape index (κ3) is 3.57. The van der Waals surface area contributed by atoms with Crippen LogP contribution in [0.25, 0.3) is 0 Å². The summed E-state index contributed by atoms with van der Waals surface area (Å²) in [5.74, 6) is 0.995. The molecule has 0 heterocycles. The predicted octanol–water partition coefficient (Wildman–Crippen LogP) is 3.18. The summed E-state index contributed by atoms with van der Waals surface area (Å²) < 4.78 is 0. The molecule has 1 aromatic carbocycles. The van der Waals surface area contributed by atoms with E-state index in [0.717, 1.165) is 11.3 Å². The van der Waals surface area contributed by atoms with Gasteiger partial charge in [0.15, 0.2) is 0 Å². The van der Waals surface area contributed by atoms with Crippen molar-refractivity contribution in [2.75, 3.05) is 5.32 Å². The van der Waals surface area contributed by atoms with Gasteiger partial charge in [0.05, 0.1) is 0 Å². The van der Waals surface area contributed by atoms with Crippen LogP contribution in [0.4, 0.5) is 5.69 Å². The maximum absolute atomic E-state index is 12.1. The van der Waals surface area contributed by atoms with E-state index in [2.05, 4.69) is 25.2 Å². The minimum absolute atomic E-state index is 0.0199. The van der Waals surface area contributed by atoms with Crippen molar-refractivity contribution in [1.82, 2.24) is 0 Å². The van der Waals surface area contributed by atoms with Crippen molar-refractivity contribution in [2.24, 2.45) is 11.7 Å². The fourth-order valence-electron chi connectivity index (χ4n) is 2.44. The van der Waals surface area contributed by atoms with Crippen LogP contribution in [0.15, 0.2) is 18.2 Å². The zero-order chi connectivity index (χ0) is 14.0. The van der Waals surface area contributed by atoms with Crippen LogP contribution in [0.3, 0.4) is 0 Å². The standard InChI is InChI=1S/C16H24N2O/c1-10(2)13-6-4-5-11(3)16(13)18-15(19)9-14(17)12-7-8-12/h4-6,10,12,14H,7-9,17H2,1-3H3,(H,18,19). The van der Waals surface area contributed by atoms with Gasteiger partial charge in [0.2, 0.25) is 5.91 Å². The molecule has 1 aliphatic rings. The lowest BCUT2D eigenvalue weighted by atomic mass is 9.98. The highest BCUT2D eigenvalue weighted by Gasteiger charge is 2.30. The molecule has 1 aromatic rings. The van der Waals surface area contributed by atoms with Crippen LogP contribution in [0.2, 0.25) is 0 Å². The summed E-state index contributed by atoms with van der Waals surface area (Å²) >= 11 is 0. The van der Waals surface area contributed by atoms with Crippen LogP contribution in [0.5, 0.6) is 0 Å². The molecule has 1 aliphatic carbocycles. The summed E-state index contributed by atoms with van der Waals surface area (Å²) in [6.45, 7) is 6.31. The monoisotopic (exact) mass is 260 g/mol. The van der Waals surface area contributed by atoms with Crippen molar-refractivity contribution in [3.63, 3.8) is 0 Å². The second kappa shape index (κ2) is 5.74. The van der Waals surface area contributed by atoms with E-state index in [1.54, 1.807) is 0 Å². The van der Waals surface area contributed by atoms with E-state index in [1.165, 1.54) is 18.4 Å². The quantitative estimate of drug-likeness (QED) is 0.854. The minimum Gasteiger partial charge on any atom is -0.327 e. The summed E-state index contributed by atoms with van der Waals surface area (Å²) in [4.78, 5) is 12.1. The highest BCUT2D eigenvalue weighted by atomic mass is 16.1. The van der Waals surface area contributed by atoms with E-state index < -0.39 is 0 Å². The number of carbonyl (C=O) groups excluding carboxylic acids is 1. The van der Waals surface area contributed by atoms with E-state index >= 15 is 0 Å². The van der Waals surface area contributed by atoms with Crippen LogP contribution in [0, 0.1) is 12.8 Å². The lowest BCUT2D eigenvalue weighted by molar-refractivity contribution is -0.116. The number of nitrogens with two attached hydrogens (primary N) is 1. The Morgan fingerprint density at radius 3 is 2.68 bits per heavy atom. The molecule has 3 heteroatoms. The van der Waals surface area contributed by atoms with Crippen molar-refractivity contribution >= 4 is 11.6 Å². The molecular formula is C16H24N2O. The maximum Gasteiger partial charge on any atom is 0.225 e. The number of rotatable bonds is 5. The molecule has 1 saturated carbocycles. The van der Waals surface area contributed by atoms with Gasteiger partial charge in [-0.2, -0.15) is 0 Å². The second-order valence-corrected chi connectivity index (χ2v) is 5.95. The number of carbonyl (C=O) groups is 1. The molecule has 3 nitrogen and oxygen atoms in total. The molecule has 0 saturated heterocycles. The average Bonchev–Trinajstić information content (AvgIpc) is 3.15. The Morgan fingerprint density at radius 2 is 2.11 bits per heavy atom. The summed E-state index contributed by atoms with van der Waals surface area (Å²) in [7, 11) is 0. The molecule has 0 aromatic heterocycles. The lowest BCUT2D eigenvalue weighted by Crippen LogP contribution is -2.29. The highest BCUT2D eigenvalue weighted by Crippen LogP contribution is 2.33. The van der Waals surface area contributed by atoms with Crippen LogP contribution >= 0.6 is 0 Å². The van der Waals surface area contributed by atoms with Gasteiger partial charge in [0.1, 0.15) is 0 Å². The maximum atomic E-state index is 12.1. The molecule has 0 radical (unpaired) electrons. The number of amides is 1. The van der Waals surface area contributed by atoms with E-state index in [9.17, 15) is 4.79 Å². The topological polar surface area (TPSA) is 55.1 Å². The molecule has 2 rings (SSSR count). The van der Waals surface area contributed by atoms with Crippen molar-refractivity contribution in [1.29, 1.82) is 0 Å². The molecule has 19 heavy (non-hydrogen) atoms. The van der Waals surface area contributed by atoms with Gasteiger partial charge in [0.25, 0.3) is 0 Å². The smallest absolute Gasteiger partial charge is 0.225 e. The Kier molecular flexibility index (Phi) is 4.25. The Morgan fingerprint density at radius 1 is 1.42 bits per heavy atom. The van der Waals surface area contributed by atoms with Gasteiger partial charge < -0.3 is 11.1 Å². The number of hydrogen-bond acceptors (Lipinski definition) is 2. The Hall–Kier alpha value is -1.35. The van der Waals surface area contributed by atoms with Crippen molar-refractivity contribution < 1.29 is 4.79 Å². The van der Waals surface area contributed by atoms with Crippen LogP contribution in [0.1, 0.15) is 50.2 Å². The summed E-state index contributed by atoms with van der Waals surface area (Å²) in [5, 5.41) is 3.05. The molecule has 1 fully saturated rings. The second-order valence-electron chi connectivity index (χ2n) is 5.95. The normalized spacial score (nSPS) is 16.5. The molecule has 1 amide bonds. The number of benzene rings is 1. The molecule has 3 N–H and O–H groups in total. The van der Waals surface area contributed by atoms with Gasteiger partial charge in [-0.15, -0.1) is 0 Å². The number of aryl methyl sites for hydroxylation is 1. The lowest BCUT2D eigenvalue weighted by Gasteiger charge is -2.17. The van der Waals surface area contributed by atoms with Gasteiger partial charge >= 0.3 is 0 Å². The molecule has 104 valence electrons. The fraction of sp³-hybridized carbons (Fsp3) is 0.562. The van der Waals surface area contributed by atoms with Gasteiger partial charge in [-0.05, 0) is 42.7 Å². The van der Waals surface area contributed by atoms with Gasteiger partial charge in [-0.25, -0.2) is 0 Å². The number of anilines is 1. The molecule has 0 spiro atoms. The van der Waals surface area contributed by atoms with Crippen LogP contribution in [-0.2, 0) is 4.79 Å². The first-order valence-electron chi connectivity index (χ1n) is 7.14. The fourth-order valence-corrected chi connectivity index (χ4v) is 2.44. The predicted molar refractivity (Wildman–Crippen MR) is 79.2 cm³/mol. The summed E-state index contributed by atoms with van der Waals surface area (Å²) in [6.07, 6.45) is 2.78. The molecule has 1 unspecified atom stereocenters. The van der Waals surface area contributed by atoms with Crippen molar-refractivity contribution in [3.8, 4) is 0 Å².